The molecule has 0 fully saturated rings. The zero-order valence-corrected chi connectivity index (χ0v) is 12.8. The fourth-order valence-corrected chi connectivity index (χ4v) is 2.59. The van der Waals surface area contributed by atoms with Crippen molar-refractivity contribution in [1.29, 1.82) is 0 Å². The van der Waals surface area contributed by atoms with Crippen LogP contribution in [0.1, 0.15) is 40.1 Å². The van der Waals surface area contributed by atoms with E-state index in [4.69, 9.17) is 0 Å². The van der Waals surface area contributed by atoms with Crippen LogP contribution < -0.4 is 5.32 Å². The topological polar surface area (TPSA) is 51.1 Å². The predicted molar refractivity (Wildman–Crippen MR) is 83.8 cm³/mol. The first-order valence-corrected chi connectivity index (χ1v) is 6.94. The minimum atomic E-state index is -0.444. The molecule has 110 valence electrons. The van der Waals surface area contributed by atoms with Crippen LogP contribution in [0.5, 0.6) is 0 Å². The monoisotopic (exact) mass is 284 g/mol. The number of carbonyl (C=O) groups is 2. The van der Waals surface area contributed by atoms with Gasteiger partial charge in [0, 0.05) is 11.9 Å². The van der Waals surface area contributed by atoms with Crippen molar-refractivity contribution in [3.63, 3.8) is 0 Å². The number of benzene rings is 1. The lowest BCUT2D eigenvalue weighted by Gasteiger charge is -2.18. The lowest BCUT2D eigenvalue weighted by atomic mass is 10.0. The Morgan fingerprint density at radius 1 is 1.24 bits per heavy atom. The summed E-state index contributed by atoms with van der Waals surface area (Å²) < 4.78 is 1.67. The molecule has 0 bridgehead atoms. The highest BCUT2D eigenvalue weighted by Crippen LogP contribution is 2.23. The molecule has 2 rings (SSSR count). The molecular weight excluding hydrogens is 264 g/mol. The summed E-state index contributed by atoms with van der Waals surface area (Å²) in [5.41, 5.74) is 4.59. The Balaban J connectivity index is 2.24. The third-order valence-corrected chi connectivity index (χ3v) is 3.65. The smallest absolute Gasteiger partial charge is 0.247 e. The molecule has 0 saturated carbocycles. The van der Waals surface area contributed by atoms with Gasteiger partial charge < -0.3 is 9.88 Å². The normalized spacial score (nSPS) is 12.0. The van der Waals surface area contributed by atoms with Crippen LogP contribution in [0.3, 0.4) is 0 Å². The highest BCUT2D eigenvalue weighted by molar-refractivity contribution is 5.95. The molecule has 1 atom stereocenters. The second-order valence-electron chi connectivity index (χ2n) is 5.40. The van der Waals surface area contributed by atoms with Crippen LogP contribution in [0.2, 0.25) is 0 Å². The van der Waals surface area contributed by atoms with Gasteiger partial charge in [0.2, 0.25) is 5.91 Å². The summed E-state index contributed by atoms with van der Waals surface area (Å²) in [4.78, 5) is 23.4. The molecule has 0 spiro atoms. The van der Waals surface area contributed by atoms with E-state index < -0.39 is 6.04 Å². The fraction of sp³-hybridized carbons (Fsp3) is 0.294. The van der Waals surface area contributed by atoms with E-state index in [0.29, 0.717) is 5.69 Å². The van der Waals surface area contributed by atoms with E-state index in [2.05, 4.69) is 5.32 Å². The molecule has 1 aromatic heterocycles. The van der Waals surface area contributed by atoms with Crippen LogP contribution in [0.4, 0.5) is 5.69 Å². The average molecular weight is 284 g/mol. The molecule has 0 aliphatic heterocycles. The summed E-state index contributed by atoms with van der Waals surface area (Å²) in [6.45, 7) is 7.77. The molecule has 0 aliphatic rings. The number of rotatable bonds is 4. The van der Waals surface area contributed by atoms with Gasteiger partial charge in [-0.2, -0.15) is 0 Å². The van der Waals surface area contributed by atoms with E-state index in [1.807, 2.05) is 32.9 Å². The molecule has 0 saturated heterocycles. The summed E-state index contributed by atoms with van der Waals surface area (Å²) in [6, 6.07) is 7.09. The van der Waals surface area contributed by atoms with Crippen molar-refractivity contribution in [3.05, 3.63) is 52.8 Å². The molecule has 0 radical (unpaired) electrons. The summed E-state index contributed by atoms with van der Waals surface area (Å²) in [6.07, 6.45) is 2.50. The number of carbonyl (C=O) groups excluding carboxylic acids is 2. The zero-order chi connectivity index (χ0) is 15.6. The van der Waals surface area contributed by atoms with Crippen LogP contribution in [0, 0.1) is 20.8 Å². The Morgan fingerprint density at radius 3 is 2.43 bits per heavy atom. The number of nitrogens with zero attached hydrogens (tertiary/aromatic N) is 1. The van der Waals surface area contributed by atoms with Gasteiger partial charge >= 0.3 is 0 Å². The fourth-order valence-electron chi connectivity index (χ4n) is 2.59. The van der Waals surface area contributed by atoms with Gasteiger partial charge in [-0.1, -0.05) is 17.7 Å². The molecule has 21 heavy (non-hydrogen) atoms. The van der Waals surface area contributed by atoms with Crippen LogP contribution in [0.25, 0.3) is 0 Å². The maximum Gasteiger partial charge on any atom is 0.247 e. The molecule has 4 nitrogen and oxygen atoms in total. The standard InChI is InChI=1S/C17H20N2O2/c1-11-8-12(2)16(13(3)9-11)18-17(21)14(4)19-7-5-6-15(19)10-20/h5-10,14H,1-4H3,(H,18,21). The number of amides is 1. The quantitative estimate of drug-likeness (QED) is 0.874. The van der Waals surface area contributed by atoms with Gasteiger partial charge in [-0.05, 0) is 51.0 Å². The predicted octanol–water partition coefficient (Wildman–Crippen LogP) is 3.43. The maximum absolute atomic E-state index is 12.4. The summed E-state index contributed by atoms with van der Waals surface area (Å²) in [7, 11) is 0. The number of hydrogen-bond acceptors (Lipinski definition) is 2. The van der Waals surface area contributed by atoms with Gasteiger partial charge in [0.05, 0.1) is 5.69 Å². The van der Waals surface area contributed by atoms with Crippen LogP contribution in [-0.2, 0) is 4.79 Å². The first-order chi connectivity index (χ1) is 9.93. The largest absolute Gasteiger partial charge is 0.333 e. The van der Waals surface area contributed by atoms with Crippen LogP contribution in [0.15, 0.2) is 30.5 Å². The van der Waals surface area contributed by atoms with E-state index in [-0.39, 0.29) is 5.91 Å². The van der Waals surface area contributed by atoms with E-state index in [1.54, 1.807) is 29.8 Å². The highest BCUT2D eigenvalue weighted by Gasteiger charge is 2.18. The summed E-state index contributed by atoms with van der Waals surface area (Å²) in [5.74, 6) is -0.135. The van der Waals surface area contributed by atoms with Gasteiger partial charge in [0.25, 0.3) is 0 Å². The Kier molecular flexibility index (Phi) is 4.26. The second kappa shape index (κ2) is 5.95. The molecule has 0 aliphatic carbocycles. The van der Waals surface area contributed by atoms with E-state index in [0.717, 1.165) is 23.1 Å². The highest BCUT2D eigenvalue weighted by atomic mass is 16.2. The van der Waals surface area contributed by atoms with Crippen molar-refractivity contribution in [2.24, 2.45) is 0 Å². The maximum atomic E-state index is 12.4. The number of aldehydes is 1. The summed E-state index contributed by atoms with van der Waals surface area (Å²) in [5, 5.41) is 2.97. The Morgan fingerprint density at radius 2 is 1.86 bits per heavy atom. The minimum Gasteiger partial charge on any atom is -0.333 e. The van der Waals surface area contributed by atoms with Crippen molar-refractivity contribution in [3.8, 4) is 0 Å². The SMILES string of the molecule is Cc1cc(C)c(NC(=O)C(C)n2cccc2C=O)c(C)c1. The molecular formula is C17H20N2O2. The third kappa shape index (κ3) is 3.05. The molecule has 1 unspecified atom stereocenters. The third-order valence-electron chi connectivity index (χ3n) is 3.65. The van der Waals surface area contributed by atoms with E-state index >= 15 is 0 Å². The minimum absolute atomic E-state index is 0.135. The number of anilines is 1. The molecule has 1 heterocycles. The second-order valence-corrected chi connectivity index (χ2v) is 5.40. The van der Waals surface area contributed by atoms with Gasteiger partial charge in [-0.3, -0.25) is 9.59 Å². The number of aryl methyl sites for hydroxylation is 3. The van der Waals surface area contributed by atoms with E-state index in [1.165, 1.54) is 5.56 Å². The first kappa shape index (κ1) is 15.0. The van der Waals surface area contributed by atoms with E-state index in [9.17, 15) is 9.59 Å². The lowest BCUT2D eigenvalue weighted by molar-refractivity contribution is -0.118. The zero-order valence-electron chi connectivity index (χ0n) is 12.8. The van der Waals surface area contributed by atoms with Crippen molar-refractivity contribution in [1.82, 2.24) is 4.57 Å². The van der Waals surface area contributed by atoms with Gasteiger partial charge in [-0.15, -0.1) is 0 Å². The van der Waals surface area contributed by atoms with Crippen molar-refractivity contribution in [2.45, 2.75) is 33.7 Å². The number of hydrogen-bond donors (Lipinski definition) is 1. The average Bonchev–Trinajstić information content (AvgIpc) is 2.89. The summed E-state index contributed by atoms with van der Waals surface area (Å²) >= 11 is 0. The number of nitrogens with one attached hydrogen (secondary N) is 1. The van der Waals surface area contributed by atoms with Crippen molar-refractivity contribution < 1.29 is 9.59 Å². The van der Waals surface area contributed by atoms with Gasteiger partial charge in [0.1, 0.15) is 6.04 Å². The Hall–Kier alpha value is -2.36. The first-order valence-electron chi connectivity index (χ1n) is 6.94. The number of aromatic nitrogens is 1. The van der Waals surface area contributed by atoms with Crippen molar-refractivity contribution in [2.75, 3.05) is 5.32 Å². The van der Waals surface area contributed by atoms with Crippen LogP contribution >= 0.6 is 0 Å². The molecule has 1 aromatic carbocycles. The molecule has 1 N–H and O–H groups in total. The molecule has 4 heteroatoms. The van der Waals surface area contributed by atoms with Crippen LogP contribution in [-0.4, -0.2) is 16.8 Å². The van der Waals surface area contributed by atoms with Gasteiger partial charge in [0.15, 0.2) is 6.29 Å². The Labute approximate surface area is 124 Å². The Bertz CT molecular complexity index is 663. The molecule has 2 aromatic rings. The van der Waals surface area contributed by atoms with Gasteiger partial charge in [-0.25, -0.2) is 0 Å². The molecule has 1 amide bonds. The lowest BCUT2D eigenvalue weighted by Crippen LogP contribution is -2.25. The van der Waals surface area contributed by atoms with Crippen molar-refractivity contribution >= 4 is 17.9 Å².